The lowest BCUT2D eigenvalue weighted by Gasteiger charge is -2.07. The standard InChI is InChI=1S/C15H9BrF3NO2/c16-13-4-2-1-3-10(13)5-6-11-7-8-12(15(17,18)19)9-14(11)20(21)22/h1-9H/b6-5+. The van der Waals surface area contributed by atoms with E-state index in [2.05, 4.69) is 15.9 Å². The Morgan fingerprint density at radius 2 is 1.68 bits per heavy atom. The maximum absolute atomic E-state index is 12.6. The zero-order chi connectivity index (χ0) is 16.3. The third kappa shape index (κ3) is 3.73. The van der Waals surface area contributed by atoms with Crippen LogP contribution >= 0.6 is 15.9 Å². The number of hydrogen-bond donors (Lipinski definition) is 0. The van der Waals surface area contributed by atoms with Gasteiger partial charge in [-0.2, -0.15) is 13.2 Å². The number of halogens is 4. The number of alkyl halides is 3. The van der Waals surface area contributed by atoms with E-state index in [4.69, 9.17) is 0 Å². The average molecular weight is 372 g/mol. The summed E-state index contributed by atoms with van der Waals surface area (Å²) in [6, 6.07) is 9.62. The molecule has 0 saturated heterocycles. The highest BCUT2D eigenvalue weighted by Gasteiger charge is 2.32. The average Bonchev–Trinajstić information content (AvgIpc) is 2.45. The predicted molar refractivity (Wildman–Crippen MR) is 81.2 cm³/mol. The Balaban J connectivity index is 2.43. The van der Waals surface area contributed by atoms with E-state index in [1.54, 1.807) is 24.3 Å². The summed E-state index contributed by atoms with van der Waals surface area (Å²) < 4.78 is 38.6. The Hall–Kier alpha value is -2.15. The highest BCUT2D eigenvalue weighted by Crippen LogP contribution is 2.33. The van der Waals surface area contributed by atoms with E-state index in [1.165, 1.54) is 6.08 Å². The second-order valence-electron chi connectivity index (χ2n) is 4.38. The van der Waals surface area contributed by atoms with E-state index >= 15 is 0 Å². The van der Waals surface area contributed by atoms with Crippen molar-refractivity contribution in [1.29, 1.82) is 0 Å². The van der Waals surface area contributed by atoms with Crippen molar-refractivity contribution in [2.75, 3.05) is 0 Å². The molecular formula is C15H9BrF3NO2. The van der Waals surface area contributed by atoms with Crippen molar-refractivity contribution in [1.82, 2.24) is 0 Å². The van der Waals surface area contributed by atoms with Gasteiger partial charge in [-0.1, -0.05) is 40.2 Å². The molecule has 0 amide bonds. The van der Waals surface area contributed by atoms with Gasteiger partial charge in [0.1, 0.15) is 0 Å². The molecule has 3 nitrogen and oxygen atoms in total. The zero-order valence-corrected chi connectivity index (χ0v) is 12.6. The van der Waals surface area contributed by atoms with Gasteiger partial charge < -0.3 is 0 Å². The minimum Gasteiger partial charge on any atom is -0.258 e. The number of nitro benzene ring substituents is 1. The van der Waals surface area contributed by atoms with Gasteiger partial charge in [-0.05, 0) is 29.8 Å². The van der Waals surface area contributed by atoms with E-state index in [0.717, 1.165) is 22.2 Å². The number of hydrogen-bond acceptors (Lipinski definition) is 2. The van der Waals surface area contributed by atoms with Crippen LogP contribution in [0.15, 0.2) is 46.9 Å². The van der Waals surface area contributed by atoms with Crippen molar-refractivity contribution in [2.24, 2.45) is 0 Å². The fourth-order valence-corrected chi connectivity index (χ4v) is 2.23. The Labute approximate surface area is 132 Å². The zero-order valence-electron chi connectivity index (χ0n) is 11.0. The van der Waals surface area contributed by atoms with Crippen LogP contribution in [-0.2, 0) is 6.18 Å². The van der Waals surface area contributed by atoms with Crippen molar-refractivity contribution in [3.05, 3.63) is 73.7 Å². The van der Waals surface area contributed by atoms with E-state index in [9.17, 15) is 23.3 Å². The molecule has 0 spiro atoms. The molecule has 0 aliphatic rings. The Bertz CT molecular complexity index is 742. The molecule has 0 aromatic heterocycles. The van der Waals surface area contributed by atoms with Gasteiger partial charge in [0, 0.05) is 10.5 Å². The monoisotopic (exact) mass is 371 g/mol. The summed E-state index contributed by atoms with van der Waals surface area (Å²) >= 11 is 3.32. The molecule has 0 radical (unpaired) electrons. The van der Waals surface area contributed by atoms with Crippen molar-refractivity contribution in [3.63, 3.8) is 0 Å². The number of rotatable bonds is 3. The van der Waals surface area contributed by atoms with Crippen LogP contribution in [0.3, 0.4) is 0 Å². The van der Waals surface area contributed by atoms with Gasteiger partial charge in [0.05, 0.1) is 16.1 Å². The third-order valence-electron chi connectivity index (χ3n) is 2.90. The lowest BCUT2D eigenvalue weighted by Crippen LogP contribution is -2.06. The number of nitrogens with zero attached hydrogens (tertiary/aromatic N) is 1. The molecule has 0 fully saturated rings. The lowest BCUT2D eigenvalue weighted by atomic mass is 10.1. The topological polar surface area (TPSA) is 43.1 Å². The summed E-state index contributed by atoms with van der Waals surface area (Å²) in [5.41, 5.74) is -0.763. The summed E-state index contributed by atoms with van der Waals surface area (Å²) in [5, 5.41) is 11.0. The Morgan fingerprint density at radius 1 is 1.05 bits per heavy atom. The number of benzene rings is 2. The third-order valence-corrected chi connectivity index (χ3v) is 3.62. The van der Waals surface area contributed by atoms with Crippen LogP contribution in [0.1, 0.15) is 16.7 Å². The first kappa shape index (κ1) is 16.2. The first-order chi connectivity index (χ1) is 10.3. The SMILES string of the molecule is O=[N+]([O-])c1cc(C(F)(F)F)ccc1/C=C/c1ccccc1Br. The van der Waals surface area contributed by atoms with Gasteiger partial charge >= 0.3 is 6.18 Å². The first-order valence-corrected chi connectivity index (χ1v) is 6.86. The highest BCUT2D eigenvalue weighted by atomic mass is 79.9. The van der Waals surface area contributed by atoms with Crippen molar-refractivity contribution in [2.45, 2.75) is 6.18 Å². The molecule has 0 aliphatic heterocycles. The summed E-state index contributed by atoms with van der Waals surface area (Å²) in [6.07, 6.45) is -1.60. The van der Waals surface area contributed by atoms with E-state index in [1.807, 2.05) is 6.07 Å². The van der Waals surface area contributed by atoms with Gasteiger partial charge in [0.2, 0.25) is 0 Å². The molecule has 7 heteroatoms. The molecule has 0 N–H and O–H groups in total. The Morgan fingerprint density at radius 3 is 2.27 bits per heavy atom. The minimum absolute atomic E-state index is 0.105. The van der Waals surface area contributed by atoms with E-state index in [0.29, 0.717) is 6.07 Å². The van der Waals surface area contributed by atoms with E-state index < -0.39 is 22.4 Å². The first-order valence-electron chi connectivity index (χ1n) is 6.07. The van der Waals surface area contributed by atoms with Crippen LogP contribution < -0.4 is 0 Å². The van der Waals surface area contributed by atoms with Crippen molar-refractivity contribution >= 4 is 33.8 Å². The molecule has 2 rings (SSSR count). The molecule has 0 heterocycles. The van der Waals surface area contributed by atoms with Gasteiger partial charge in [-0.25, -0.2) is 0 Å². The van der Waals surface area contributed by atoms with Gasteiger partial charge in [-0.3, -0.25) is 10.1 Å². The molecule has 0 unspecified atom stereocenters. The summed E-state index contributed by atoms with van der Waals surface area (Å²) in [4.78, 5) is 10.1. The minimum atomic E-state index is -4.62. The fraction of sp³-hybridized carbons (Fsp3) is 0.0667. The summed E-state index contributed by atoms with van der Waals surface area (Å²) in [7, 11) is 0. The maximum Gasteiger partial charge on any atom is 0.416 e. The molecule has 0 aliphatic carbocycles. The molecule has 2 aromatic rings. The molecule has 114 valence electrons. The largest absolute Gasteiger partial charge is 0.416 e. The molecule has 2 aromatic carbocycles. The normalized spacial score (nSPS) is 11.8. The Kier molecular flexibility index (Phi) is 4.65. The van der Waals surface area contributed by atoms with Crippen LogP contribution in [0.5, 0.6) is 0 Å². The van der Waals surface area contributed by atoms with Crippen LogP contribution in [0, 0.1) is 10.1 Å². The summed E-state index contributed by atoms with van der Waals surface area (Å²) in [6.45, 7) is 0. The molecule has 0 saturated carbocycles. The number of nitro groups is 1. The highest BCUT2D eigenvalue weighted by molar-refractivity contribution is 9.10. The quantitative estimate of drug-likeness (QED) is 0.403. The van der Waals surface area contributed by atoms with Crippen LogP contribution in [-0.4, -0.2) is 4.92 Å². The second-order valence-corrected chi connectivity index (χ2v) is 5.24. The summed E-state index contributed by atoms with van der Waals surface area (Å²) in [5.74, 6) is 0. The van der Waals surface area contributed by atoms with Crippen LogP contribution in [0.4, 0.5) is 18.9 Å². The van der Waals surface area contributed by atoms with Gasteiger partial charge in [-0.15, -0.1) is 0 Å². The second kappa shape index (κ2) is 6.31. The van der Waals surface area contributed by atoms with Gasteiger partial charge in [0.25, 0.3) is 5.69 Å². The lowest BCUT2D eigenvalue weighted by molar-refractivity contribution is -0.385. The van der Waals surface area contributed by atoms with Crippen molar-refractivity contribution < 1.29 is 18.1 Å². The molecule has 0 atom stereocenters. The van der Waals surface area contributed by atoms with Crippen molar-refractivity contribution in [3.8, 4) is 0 Å². The van der Waals surface area contributed by atoms with E-state index in [-0.39, 0.29) is 5.56 Å². The van der Waals surface area contributed by atoms with Crippen LogP contribution in [0.2, 0.25) is 0 Å². The van der Waals surface area contributed by atoms with Gasteiger partial charge in [0.15, 0.2) is 0 Å². The predicted octanol–water partition coefficient (Wildman–Crippen LogP) is 5.55. The molecular weight excluding hydrogens is 363 g/mol. The molecule has 22 heavy (non-hydrogen) atoms. The maximum atomic E-state index is 12.6. The smallest absolute Gasteiger partial charge is 0.258 e. The fourth-order valence-electron chi connectivity index (χ4n) is 1.81. The molecule has 0 bridgehead atoms. The van der Waals surface area contributed by atoms with Crippen LogP contribution in [0.25, 0.3) is 12.2 Å².